The van der Waals surface area contributed by atoms with Gasteiger partial charge in [-0.05, 0) is 30.0 Å². The first kappa shape index (κ1) is 14.8. The summed E-state index contributed by atoms with van der Waals surface area (Å²) in [7, 11) is 0. The van der Waals surface area contributed by atoms with E-state index in [0.29, 0.717) is 6.54 Å². The van der Waals surface area contributed by atoms with Crippen LogP contribution < -0.4 is 11.0 Å². The smallest absolute Gasteiger partial charge is 0.323 e. The van der Waals surface area contributed by atoms with Crippen LogP contribution in [0.3, 0.4) is 0 Å². The van der Waals surface area contributed by atoms with Crippen molar-refractivity contribution in [3.05, 3.63) is 34.2 Å². The maximum absolute atomic E-state index is 11.2. The molecule has 2 rings (SSSR count). The molecule has 0 spiro atoms. The second-order valence-corrected chi connectivity index (χ2v) is 6.40. The number of fused-ring (bicyclic) bond motifs is 1. The van der Waals surface area contributed by atoms with Crippen LogP contribution in [0, 0.1) is 5.41 Å². The standard InChI is InChI=1S/C15H23N3O2/c1-9(16-8-13(19)15(2,3)4)10-5-6-11-12(7-10)18-14(20)17-11/h5-7,9,13,16,19H,8H2,1-4H3,(H2,17,18,20). The van der Waals surface area contributed by atoms with Crippen LogP contribution in [0.5, 0.6) is 0 Å². The van der Waals surface area contributed by atoms with Crippen LogP contribution in [-0.4, -0.2) is 27.7 Å². The third-order valence-corrected chi connectivity index (χ3v) is 3.66. The number of H-pyrrole nitrogens is 2. The fourth-order valence-corrected chi connectivity index (χ4v) is 2.03. The number of benzene rings is 1. The van der Waals surface area contributed by atoms with E-state index in [2.05, 4.69) is 15.3 Å². The van der Waals surface area contributed by atoms with E-state index in [1.54, 1.807) is 0 Å². The average Bonchev–Trinajstić information content (AvgIpc) is 2.73. The minimum atomic E-state index is -0.402. The molecule has 20 heavy (non-hydrogen) atoms. The molecule has 1 aromatic heterocycles. The molecule has 0 aliphatic rings. The fraction of sp³-hybridized carbons (Fsp3) is 0.533. The largest absolute Gasteiger partial charge is 0.391 e. The van der Waals surface area contributed by atoms with Crippen LogP contribution in [0.4, 0.5) is 0 Å². The monoisotopic (exact) mass is 277 g/mol. The van der Waals surface area contributed by atoms with Crippen molar-refractivity contribution in [3.63, 3.8) is 0 Å². The van der Waals surface area contributed by atoms with Gasteiger partial charge < -0.3 is 20.4 Å². The maximum atomic E-state index is 11.2. The number of aliphatic hydroxyl groups is 1. The van der Waals surface area contributed by atoms with E-state index in [9.17, 15) is 9.90 Å². The summed E-state index contributed by atoms with van der Waals surface area (Å²) in [6.07, 6.45) is -0.402. The Morgan fingerprint density at radius 2 is 1.90 bits per heavy atom. The zero-order chi connectivity index (χ0) is 14.9. The molecule has 5 heteroatoms. The molecule has 0 saturated heterocycles. The Bertz CT molecular complexity index is 636. The van der Waals surface area contributed by atoms with Gasteiger partial charge in [-0.1, -0.05) is 26.8 Å². The van der Waals surface area contributed by atoms with Crippen molar-refractivity contribution in [1.29, 1.82) is 0 Å². The average molecular weight is 277 g/mol. The molecular formula is C15H23N3O2. The molecule has 0 amide bonds. The molecule has 110 valence electrons. The van der Waals surface area contributed by atoms with Crippen LogP contribution in [0.2, 0.25) is 0 Å². The quantitative estimate of drug-likeness (QED) is 0.689. The van der Waals surface area contributed by atoms with E-state index in [1.807, 2.05) is 45.9 Å². The van der Waals surface area contributed by atoms with Gasteiger partial charge in [0.2, 0.25) is 0 Å². The molecule has 0 aliphatic heterocycles. The highest BCUT2D eigenvalue weighted by Gasteiger charge is 2.22. The Morgan fingerprint density at radius 1 is 1.25 bits per heavy atom. The van der Waals surface area contributed by atoms with Crippen LogP contribution in [0.1, 0.15) is 39.3 Å². The minimum Gasteiger partial charge on any atom is -0.391 e. The first-order valence-corrected chi connectivity index (χ1v) is 6.91. The molecule has 0 saturated carbocycles. The van der Waals surface area contributed by atoms with Gasteiger partial charge in [-0.3, -0.25) is 0 Å². The van der Waals surface area contributed by atoms with Gasteiger partial charge in [0, 0.05) is 12.6 Å². The SMILES string of the molecule is CC(NCC(O)C(C)(C)C)c1ccc2[nH]c(=O)[nH]c2c1. The van der Waals surface area contributed by atoms with E-state index in [1.165, 1.54) is 0 Å². The lowest BCUT2D eigenvalue weighted by Crippen LogP contribution is -2.37. The van der Waals surface area contributed by atoms with E-state index >= 15 is 0 Å². The molecule has 4 N–H and O–H groups in total. The molecule has 1 heterocycles. The van der Waals surface area contributed by atoms with Gasteiger partial charge in [0.25, 0.3) is 0 Å². The molecule has 0 fully saturated rings. The highest BCUT2D eigenvalue weighted by Crippen LogP contribution is 2.20. The molecule has 0 aliphatic carbocycles. The predicted octanol–water partition coefficient (Wildman–Crippen LogP) is 1.91. The molecule has 2 aromatic rings. The van der Waals surface area contributed by atoms with Gasteiger partial charge >= 0.3 is 5.69 Å². The third kappa shape index (κ3) is 3.29. The fourth-order valence-electron chi connectivity index (χ4n) is 2.03. The van der Waals surface area contributed by atoms with Crippen molar-refractivity contribution in [2.45, 2.75) is 39.8 Å². The molecule has 2 atom stereocenters. The van der Waals surface area contributed by atoms with E-state index in [0.717, 1.165) is 16.6 Å². The number of imidazole rings is 1. The van der Waals surface area contributed by atoms with Crippen molar-refractivity contribution in [2.24, 2.45) is 5.41 Å². The number of aromatic nitrogens is 2. The second-order valence-electron chi connectivity index (χ2n) is 6.40. The lowest BCUT2D eigenvalue weighted by Gasteiger charge is -2.27. The van der Waals surface area contributed by atoms with E-state index < -0.39 is 6.10 Å². The van der Waals surface area contributed by atoms with Gasteiger partial charge in [0.15, 0.2) is 0 Å². The first-order chi connectivity index (χ1) is 9.27. The highest BCUT2D eigenvalue weighted by molar-refractivity contribution is 5.75. The summed E-state index contributed by atoms with van der Waals surface area (Å²) in [6.45, 7) is 8.62. The minimum absolute atomic E-state index is 0.106. The summed E-state index contributed by atoms with van der Waals surface area (Å²) < 4.78 is 0. The van der Waals surface area contributed by atoms with E-state index in [4.69, 9.17) is 0 Å². The van der Waals surface area contributed by atoms with Crippen LogP contribution in [-0.2, 0) is 0 Å². The van der Waals surface area contributed by atoms with Gasteiger partial charge in [0.05, 0.1) is 17.1 Å². The Labute approximate surface area is 118 Å². The summed E-state index contributed by atoms with van der Waals surface area (Å²) in [5.41, 5.74) is 2.36. The number of hydrogen-bond donors (Lipinski definition) is 4. The molecule has 2 unspecified atom stereocenters. The molecule has 1 aromatic carbocycles. The zero-order valence-electron chi connectivity index (χ0n) is 12.4. The first-order valence-electron chi connectivity index (χ1n) is 6.91. The maximum Gasteiger partial charge on any atom is 0.323 e. The number of rotatable bonds is 4. The Hall–Kier alpha value is -1.59. The van der Waals surface area contributed by atoms with Crippen LogP contribution in [0.15, 0.2) is 23.0 Å². The lowest BCUT2D eigenvalue weighted by molar-refractivity contribution is 0.0609. The van der Waals surface area contributed by atoms with Crippen molar-refractivity contribution in [2.75, 3.05) is 6.54 Å². The van der Waals surface area contributed by atoms with Crippen molar-refractivity contribution >= 4 is 11.0 Å². The van der Waals surface area contributed by atoms with Crippen molar-refractivity contribution in [3.8, 4) is 0 Å². The summed E-state index contributed by atoms with van der Waals surface area (Å²) in [5, 5.41) is 13.4. The predicted molar refractivity (Wildman–Crippen MR) is 80.8 cm³/mol. The summed E-state index contributed by atoms with van der Waals surface area (Å²) in [6, 6.07) is 5.93. The van der Waals surface area contributed by atoms with Crippen molar-refractivity contribution < 1.29 is 5.11 Å². The van der Waals surface area contributed by atoms with Gasteiger partial charge in [-0.15, -0.1) is 0 Å². The van der Waals surface area contributed by atoms with Crippen LogP contribution in [0.25, 0.3) is 11.0 Å². The van der Waals surface area contributed by atoms with E-state index in [-0.39, 0.29) is 17.1 Å². The molecular weight excluding hydrogens is 254 g/mol. The Kier molecular flexibility index (Phi) is 4.01. The number of nitrogens with one attached hydrogen (secondary N) is 3. The molecule has 0 bridgehead atoms. The summed E-state index contributed by atoms with van der Waals surface area (Å²) >= 11 is 0. The van der Waals surface area contributed by atoms with Gasteiger partial charge in [-0.25, -0.2) is 4.79 Å². The number of aliphatic hydroxyl groups excluding tert-OH is 1. The number of aromatic amines is 2. The second kappa shape index (κ2) is 5.42. The van der Waals surface area contributed by atoms with Gasteiger partial charge in [0.1, 0.15) is 0 Å². The van der Waals surface area contributed by atoms with Crippen LogP contribution >= 0.6 is 0 Å². The number of hydrogen-bond acceptors (Lipinski definition) is 3. The summed E-state index contributed by atoms with van der Waals surface area (Å²) in [5.74, 6) is 0. The normalized spacial score (nSPS) is 15.4. The summed E-state index contributed by atoms with van der Waals surface area (Å²) in [4.78, 5) is 16.7. The Balaban J connectivity index is 2.07. The topological polar surface area (TPSA) is 80.9 Å². The van der Waals surface area contributed by atoms with Gasteiger partial charge in [-0.2, -0.15) is 0 Å². The third-order valence-electron chi connectivity index (χ3n) is 3.66. The zero-order valence-corrected chi connectivity index (χ0v) is 12.4. The molecule has 0 radical (unpaired) electrons. The Morgan fingerprint density at radius 3 is 2.55 bits per heavy atom. The highest BCUT2D eigenvalue weighted by atomic mass is 16.3. The lowest BCUT2D eigenvalue weighted by atomic mass is 9.89. The molecule has 5 nitrogen and oxygen atoms in total. The van der Waals surface area contributed by atoms with Crippen molar-refractivity contribution in [1.82, 2.24) is 15.3 Å².